The van der Waals surface area contributed by atoms with Crippen LogP contribution < -0.4 is 3.54 Å². The van der Waals surface area contributed by atoms with Gasteiger partial charge in [0.2, 0.25) is 0 Å². The van der Waals surface area contributed by atoms with Crippen LogP contribution in [0.5, 0.6) is 0 Å². The first kappa shape index (κ1) is 12.2. The predicted molar refractivity (Wildman–Crippen MR) is 51.8 cm³/mol. The molecule has 0 aromatic carbocycles. The van der Waals surface area contributed by atoms with E-state index in [1.54, 1.807) is 0 Å². The van der Waals surface area contributed by atoms with Crippen LogP contribution in [0.4, 0.5) is 0 Å². The summed E-state index contributed by atoms with van der Waals surface area (Å²) in [7, 11) is 0. The Hall–Kier alpha value is 0.229. The average molecular weight is 298 g/mol. The van der Waals surface area contributed by atoms with Crippen LogP contribution in [-0.4, -0.2) is 35.6 Å². The van der Waals surface area contributed by atoms with E-state index in [1.165, 1.54) is 0 Å². The van der Waals surface area contributed by atoms with Crippen molar-refractivity contribution < 1.29 is 9.59 Å². The van der Waals surface area contributed by atoms with Gasteiger partial charge in [-0.25, -0.2) is 0 Å². The SMILES string of the molecule is CCCC(=O)[NH][SnH]([CH3])[C](=O)CCl. The molecule has 0 heterocycles. The van der Waals surface area contributed by atoms with Crippen LogP contribution >= 0.6 is 11.6 Å². The third kappa shape index (κ3) is 4.98. The van der Waals surface area contributed by atoms with E-state index in [0.29, 0.717) is 6.42 Å². The summed E-state index contributed by atoms with van der Waals surface area (Å²) in [6, 6.07) is 0. The van der Waals surface area contributed by atoms with E-state index in [-0.39, 0.29) is 15.6 Å². The second kappa shape index (κ2) is 6.71. The number of hydrogen-bond donors (Lipinski definition) is 1. The molecule has 1 atom stereocenters. The Kier molecular flexibility index (Phi) is 6.84. The summed E-state index contributed by atoms with van der Waals surface area (Å²) in [5.74, 6) is 0.0446. The molecule has 0 fully saturated rings. The van der Waals surface area contributed by atoms with Crippen molar-refractivity contribution in [3.05, 3.63) is 0 Å². The third-order valence-corrected chi connectivity index (χ3v) is 7.97. The number of rotatable bonds is 5. The molecular weight excluding hydrogens is 284 g/mol. The topological polar surface area (TPSA) is 46.2 Å². The van der Waals surface area contributed by atoms with Crippen molar-refractivity contribution in [3.63, 3.8) is 0 Å². The van der Waals surface area contributed by atoms with Gasteiger partial charge in [-0.3, -0.25) is 0 Å². The molecule has 0 aromatic rings. The predicted octanol–water partition coefficient (Wildman–Crippen LogP) is 0.603. The molecule has 0 radical (unpaired) electrons. The van der Waals surface area contributed by atoms with Crippen molar-refractivity contribution in [2.75, 3.05) is 5.88 Å². The number of alkyl halides is 1. The summed E-state index contributed by atoms with van der Waals surface area (Å²) in [5, 5.41) is 0. The van der Waals surface area contributed by atoms with Gasteiger partial charge in [-0.15, -0.1) is 0 Å². The van der Waals surface area contributed by atoms with Crippen LogP contribution in [0.25, 0.3) is 0 Å². The number of carbonyl (C=O) groups excluding carboxylic acids is 2. The van der Waals surface area contributed by atoms with Gasteiger partial charge in [0.05, 0.1) is 0 Å². The molecule has 0 aliphatic carbocycles. The van der Waals surface area contributed by atoms with E-state index < -0.39 is 20.0 Å². The summed E-state index contributed by atoms with van der Waals surface area (Å²) in [5.41, 5.74) is 0. The zero-order chi connectivity index (χ0) is 9.56. The first-order chi connectivity index (χ1) is 5.61. The molecule has 0 rings (SSSR count). The monoisotopic (exact) mass is 299 g/mol. The van der Waals surface area contributed by atoms with E-state index in [9.17, 15) is 9.59 Å². The zero-order valence-corrected chi connectivity index (χ0v) is 11.4. The van der Waals surface area contributed by atoms with Gasteiger partial charge >= 0.3 is 85.1 Å². The molecule has 70 valence electrons. The van der Waals surface area contributed by atoms with Crippen molar-refractivity contribution in [3.8, 4) is 0 Å². The van der Waals surface area contributed by atoms with E-state index in [2.05, 4.69) is 3.54 Å². The Morgan fingerprint density at radius 3 is 2.50 bits per heavy atom. The normalized spacial score (nSPS) is 12.2. The van der Waals surface area contributed by atoms with Crippen LogP contribution in [0, 0.1) is 0 Å². The summed E-state index contributed by atoms with van der Waals surface area (Å²) in [4.78, 5) is 23.9. The van der Waals surface area contributed by atoms with Crippen molar-refractivity contribution in [2.24, 2.45) is 0 Å². The Morgan fingerprint density at radius 1 is 1.50 bits per heavy atom. The molecule has 0 aliphatic rings. The minimum atomic E-state index is -2.42. The van der Waals surface area contributed by atoms with Crippen LogP contribution in [-0.2, 0) is 9.59 Å². The molecule has 1 unspecified atom stereocenters. The van der Waals surface area contributed by atoms with Crippen LogP contribution in [0.15, 0.2) is 0 Å². The molecule has 0 saturated heterocycles. The maximum atomic E-state index is 11.0. The molecule has 5 heteroatoms. The number of halogens is 1. The van der Waals surface area contributed by atoms with Crippen molar-refractivity contribution in [2.45, 2.75) is 24.7 Å². The molecule has 0 saturated carbocycles. The Bertz CT molecular complexity index is 175. The molecule has 3 nitrogen and oxygen atoms in total. The molecule has 1 amide bonds. The fraction of sp³-hybridized carbons (Fsp3) is 0.714. The summed E-state index contributed by atoms with van der Waals surface area (Å²) >= 11 is 2.94. The fourth-order valence-electron chi connectivity index (χ4n) is 0.737. The summed E-state index contributed by atoms with van der Waals surface area (Å²) in [6.45, 7) is 1.93. The standard InChI is InChI=1S/C4H9NO.C2H2ClO.CH3.Sn.H/c1-2-3-4(5)6;3-1-2-4;;;/h2-3H2,1H3,(H2,5,6);1H2;1H3;;/q;;;+1;/p-1. The Morgan fingerprint density at radius 2 is 2.08 bits per heavy atom. The van der Waals surface area contributed by atoms with E-state index >= 15 is 0 Å². The van der Waals surface area contributed by atoms with Gasteiger partial charge in [0.15, 0.2) is 0 Å². The molecule has 1 N–H and O–H groups in total. The minimum absolute atomic E-state index is 0.000679. The van der Waals surface area contributed by atoms with Crippen LogP contribution in [0.1, 0.15) is 19.8 Å². The Labute approximate surface area is 84.9 Å². The first-order valence-electron chi connectivity index (χ1n) is 3.99. The van der Waals surface area contributed by atoms with Crippen molar-refractivity contribution in [1.82, 2.24) is 3.54 Å². The van der Waals surface area contributed by atoms with Gasteiger partial charge in [0.25, 0.3) is 0 Å². The van der Waals surface area contributed by atoms with Gasteiger partial charge in [-0.2, -0.15) is 0 Å². The number of hydrogen-bond acceptors (Lipinski definition) is 2. The zero-order valence-electron chi connectivity index (χ0n) is 7.39. The van der Waals surface area contributed by atoms with Crippen molar-refractivity contribution >= 4 is 41.3 Å². The van der Waals surface area contributed by atoms with Crippen LogP contribution in [0.2, 0.25) is 4.94 Å². The van der Waals surface area contributed by atoms with Crippen LogP contribution in [0.3, 0.4) is 0 Å². The Balaban J connectivity index is 3.75. The van der Waals surface area contributed by atoms with E-state index in [0.717, 1.165) is 6.42 Å². The average Bonchev–Trinajstić information content (AvgIpc) is 2.03. The van der Waals surface area contributed by atoms with E-state index in [1.807, 2.05) is 11.9 Å². The molecule has 0 bridgehead atoms. The van der Waals surface area contributed by atoms with Gasteiger partial charge in [-0.1, -0.05) is 0 Å². The molecule has 0 spiro atoms. The van der Waals surface area contributed by atoms with Gasteiger partial charge in [0, 0.05) is 0 Å². The second-order valence-corrected chi connectivity index (χ2v) is 9.69. The van der Waals surface area contributed by atoms with Gasteiger partial charge in [-0.05, 0) is 0 Å². The number of nitrogens with one attached hydrogen (secondary N) is 1. The quantitative estimate of drug-likeness (QED) is 0.597. The molecule has 12 heavy (non-hydrogen) atoms. The van der Waals surface area contributed by atoms with Gasteiger partial charge in [0.1, 0.15) is 0 Å². The summed E-state index contributed by atoms with van der Waals surface area (Å²) < 4.78 is 2.83. The van der Waals surface area contributed by atoms with E-state index in [4.69, 9.17) is 11.6 Å². The third-order valence-electron chi connectivity index (χ3n) is 1.47. The molecule has 0 aromatic heterocycles. The number of carbonyl (C=O) groups is 2. The summed E-state index contributed by atoms with van der Waals surface area (Å²) in [6.07, 6.45) is 1.33. The maximum absolute atomic E-state index is 11.0. The second-order valence-electron chi connectivity index (χ2n) is 2.64. The molecule has 0 aliphatic heterocycles. The first-order valence-corrected chi connectivity index (χ1v) is 11.1. The molecular formula is C7H14ClNO2Sn. The fourth-order valence-corrected chi connectivity index (χ4v) is 5.20. The van der Waals surface area contributed by atoms with Gasteiger partial charge < -0.3 is 0 Å². The van der Waals surface area contributed by atoms with Crippen molar-refractivity contribution in [1.29, 1.82) is 0 Å². The number of amides is 1.